The van der Waals surface area contributed by atoms with E-state index in [9.17, 15) is 30.0 Å². The molecule has 0 unspecified atom stereocenters. The van der Waals surface area contributed by atoms with Gasteiger partial charge in [0.1, 0.15) is 5.75 Å². The third kappa shape index (κ3) is 8.98. The van der Waals surface area contributed by atoms with Crippen molar-refractivity contribution in [2.75, 3.05) is 19.5 Å². The molecule has 0 heterocycles. The number of halogens is 3. The van der Waals surface area contributed by atoms with Crippen molar-refractivity contribution in [3.8, 4) is 5.75 Å². The van der Waals surface area contributed by atoms with E-state index in [4.69, 9.17) is 9.29 Å². The minimum absolute atomic E-state index is 0.0354. The molecular formula is C12H14F3NO8S2. The molecule has 14 heteroatoms. The zero-order chi connectivity index (χ0) is 20.0. The van der Waals surface area contributed by atoms with E-state index in [1.54, 1.807) is 0 Å². The lowest BCUT2D eigenvalue weighted by atomic mass is 10.1. The highest BCUT2D eigenvalue weighted by atomic mass is 32.3. The van der Waals surface area contributed by atoms with Crippen LogP contribution in [-0.4, -0.2) is 52.7 Å². The Kier molecular flexibility index (Phi) is 7.37. The molecule has 0 aliphatic rings. The van der Waals surface area contributed by atoms with E-state index in [1.807, 2.05) is 0 Å². The molecule has 0 fully saturated rings. The van der Waals surface area contributed by atoms with Crippen molar-refractivity contribution in [1.29, 1.82) is 0 Å². The molecule has 0 aliphatic carbocycles. The summed E-state index contributed by atoms with van der Waals surface area (Å²) in [5.74, 6) is 0.158. The number of ether oxygens (including phenoxy) is 1. The molecule has 1 aromatic carbocycles. The van der Waals surface area contributed by atoms with Crippen LogP contribution in [0.5, 0.6) is 5.75 Å². The molecule has 0 spiro atoms. The van der Waals surface area contributed by atoms with Crippen LogP contribution in [-0.2, 0) is 29.0 Å². The van der Waals surface area contributed by atoms with Gasteiger partial charge in [-0.25, -0.2) is 4.18 Å². The highest BCUT2D eigenvalue weighted by Gasteiger charge is 2.38. The zero-order valence-electron chi connectivity index (χ0n) is 13.1. The predicted octanol–water partition coefficient (Wildman–Crippen LogP) is 1.52. The van der Waals surface area contributed by atoms with E-state index in [0.29, 0.717) is 6.26 Å². The van der Waals surface area contributed by atoms with Gasteiger partial charge in [0.05, 0.1) is 19.5 Å². The summed E-state index contributed by atoms with van der Waals surface area (Å²) in [5.41, 5.74) is -2.00. The Morgan fingerprint density at radius 3 is 2.15 bits per heavy atom. The number of rotatable bonds is 9. The lowest BCUT2D eigenvalue weighted by Gasteiger charge is -2.11. The van der Waals surface area contributed by atoms with Crippen LogP contribution in [0.2, 0.25) is 0 Å². The van der Waals surface area contributed by atoms with Crippen molar-refractivity contribution in [1.82, 2.24) is 0 Å². The molecule has 26 heavy (non-hydrogen) atoms. The van der Waals surface area contributed by atoms with Crippen LogP contribution in [0.15, 0.2) is 29.4 Å². The van der Waals surface area contributed by atoms with E-state index in [0.717, 1.165) is 12.1 Å². The Bertz CT molecular complexity index is 832. The molecule has 0 saturated heterocycles. The minimum atomic E-state index is -4.96. The third-order valence-electron chi connectivity index (χ3n) is 2.45. The molecule has 0 amide bonds. The quantitative estimate of drug-likeness (QED) is 0.275. The van der Waals surface area contributed by atoms with Crippen molar-refractivity contribution in [3.63, 3.8) is 0 Å². The Morgan fingerprint density at radius 1 is 1.12 bits per heavy atom. The number of alkyl halides is 3. The molecule has 0 radical (unpaired) electrons. The largest absolute Gasteiger partial charge is 0.494 e. The minimum Gasteiger partial charge on any atom is -0.494 e. The normalized spacial score (nSPS) is 13.5. The lowest BCUT2D eigenvalue weighted by molar-refractivity contribution is -0.0597. The van der Waals surface area contributed by atoms with Crippen LogP contribution < -0.4 is 4.74 Å². The average molecular weight is 421 g/mol. The van der Waals surface area contributed by atoms with Gasteiger partial charge in [-0.15, -0.1) is 0 Å². The van der Waals surface area contributed by atoms with E-state index < -0.39 is 38.0 Å². The monoisotopic (exact) mass is 421 g/mol. The van der Waals surface area contributed by atoms with E-state index in [-0.39, 0.29) is 25.4 Å². The van der Waals surface area contributed by atoms with Crippen molar-refractivity contribution < 1.29 is 47.8 Å². The molecule has 1 N–H and O–H groups in total. The molecule has 1 aromatic rings. The standard InChI is InChI=1S/C12H14F3NO8S2/c1-25(17,18)24-16-11(12(13,14)15)9-3-5-10(6-4-9)22-7-2-8-23-26(19,20)21/h3-6H,2,7-8H2,1H3,(H,19,20,21). The number of hydrogen-bond acceptors (Lipinski definition) is 8. The lowest BCUT2D eigenvalue weighted by Crippen LogP contribution is -2.24. The predicted molar refractivity (Wildman–Crippen MR) is 82.6 cm³/mol. The topological polar surface area (TPSA) is 129 Å². The number of benzene rings is 1. The summed E-state index contributed by atoms with van der Waals surface area (Å²) >= 11 is 0. The summed E-state index contributed by atoms with van der Waals surface area (Å²) in [6.45, 7) is -0.378. The van der Waals surface area contributed by atoms with Gasteiger partial charge in [0.25, 0.3) is 0 Å². The number of nitrogens with zero attached hydrogens (tertiary/aromatic N) is 1. The SMILES string of the molecule is CS(=O)(=O)ON=C(c1ccc(OCCCOS(=O)(=O)O)cc1)C(F)(F)F. The van der Waals surface area contributed by atoms with Gasteiger partial charge in [0.15, 0.2) is 5.71 Å². The summed E-state index contributed by atoms with van der Waals surface area (Å²) in [6, 6.07) is 4.31. The first-order valence-corrected chi connectivity index (χ1v) is 9.85. The summed E-state index contributed by atoms with van der Waals surface area (Å²) in [4.78, 5) is 0. The first-order valence-electron chi connectivity index (χ1n) is 6.67. The van der Waals surface area contributed by atoms with Crippen molar-refractivity contribution in [2.24, 2.45) is 5.16 Å². The van der Waals surface area contributed by atoms with Gasteiger partial charge in [-0.1, -0.05) is 5.16 Å². The van der Waals surface area contributed by atoms with Gasteiger partial charge < -0.3 is 4.74 Å². The van der Waals surface area contributed by atoms with E-state index in [2.05, 4.69) is 13.6 Å². The smallest absolute Gasteiger partial charge is 0.437 e. The summed E-state index contributed by atoms with van der Waals surface area (Å²) in [5, 5.41) is 2.64. The second kappa shape index (κ2) is 8.66. The fourth-order valence-electron chi connectivity index (χ4n) is 1.50. The molecule has 0 atom stereocenters. The molecule has 9 nitrogen and oxygen atoms in total. The molecule has 0 saturated carbocycles. The molecule has 148 valence electrons. The van der Waals surface area contributed by atoms with Gasteiger partial charge in [-0.3, -0.25) is 8.84 Å². The second-order valence-corrected chi connectivity index (χ2v) is 7.34. The Hall–Kier alpha value is -1.90. The first kappa shape index (κ1) is 22.1. The molecular weight excluding hydrogens is 407 g/mol. The third-order valence-corrected chi connectivity index (χ3v) is 3.26. The molecule has 0 aliphatic heterocycles. The van der Waals surface area contributed by atoms with Gasteiger partial charge in [-0.2, -0.15) is 30.0 Å². The van der Waals surface area contributed by atoms with Crippen molar-refractivity contribution in [3.05, 3.63) is 29.8 Å². The van der Waals surface area contributed by atoms with Crippen LogP contribution >= 0.6 is 0 Å². The van der Waals surface area contributed by atoms with Gasteiger partial charge in [0.2, 0.25) is 0 Å². The van der Waals surface area contributed by atoms with Crippen molar-refractivity contribution >= 4 is 26.2 Å². The Labute approximate surface area is 147 Å². The van der Waals surface area contributed by atoms with Gasteiger partial charge in [0, 0.05) is 12.0 Å². The highest BCUT2D eigenvalue weighted by molar-refractivity contribution is 7.85. The van der Waals surface area contributed by atoms with Gasteiger partial charge >= 0.3 is 26.7 Å². The van der Waals surface area contributed by atoms with Crippen LogP contribution in [0.1, 0.15) is 12.0 Å². The zero-order valence-corrected chi connectivity index (χ0v) is 14.8. The Balaban J connectivity index is 2.74. The highest BCUT2D eigenvalue weighted by Crippen LogP contribution is 2.24. The average Bonchev–Trinajstić information content (AvgIpc) is 2.44. The van der Waals surface area contributed by atoms with E-state index in [1.165, 1.54) is 12.1 Å². The summed E-state index contributed by atoms with van der Waals surface area (Å²) in [7, 11) is -8.75. The number of oxime groups is 1. The first-order chi connectivity index (χ1) is 11.8. The second-order valence-electron chi connectivity index (χ2n) is 4.69. The fraction of sp³-hybridized carbons (Fsp3) is 0.417. The molecule has 0 aromatic heterocycles. The van der Waals surface area contributed by atoms with Crippen LogP contribution in [0.3, 0.4) is 0 Å². The summed E-state index contributed by atoms with van der Waals surface area (Å²) < 4.78 is 102. The van der Waals surface area contributed by atoms with E-state index >= 15 is 0 Å². The van der Waals surface area contributed by atoms with Crippen molar-refractivity contribution in [2.45, 2.75) is 12.6 Å². The fourth-order valence-corrected chi connectivity index (χ4v) is 2.03. The summed E-state index contributed by atoms with van der Waals surface area (Å²) in [6.07, 6.45) is -4.33. The van der Waals surface area contributed by atoms with Crippen LogP contribution in [0.25, 0.3) is 0 Å². The maximum absolute atomic E-state index is 12.9. The molecule has 1 rings (SSSR count). The maximum atomic E-state index is 12.9. The Morgan fingerprint density at radius 2 is 1.69 bits per heavy atom. The van der Waals surface area contributed by atoms with Crippen LogP contribution in [0.4, 0.5) is 13.2 Å². The number of hydrogen-bond donors (Lipinski definition) is 1. The van der Waals surface area contributed by atoms with Gasteiger partial charge in [-0.05, 0) is 24.3 Å². The maximum Gasteiger partial charge on any atom is 0.437 e. The van der Waals surface area contributed by atoms with Crippen LogP contribution in [0, 0.1) is 0 Å². The molecule has 0 bridgehead atoms.